The van der Waals surface area contributed by atoms with Crippen LogP contribution in [0.3, 0.4) is 0 Å². The van der Waals surface area contributed by atoms with Crippen molar-refractivity contribution in [1.29, 1.82) is 0 Å². The lowest BCUT2D eigenvalue weighted by molar-refractivity contribution is 0.637. The Kier molecular flexibility index (Phi) is 5.02. The monoisotopic (exact) mass is 421 g/mol. The number of rotatable bonds is 4. The quantitative estimate of drug-likeness (QED) is 0.698. The summed E-state index contributed by atoms with van der Waals surface area (Å²) in [6, 6.07) is 11.0. The van der Waals surface area contributed by atoms with Gasteiger partial charge in [-0.25, -0.2) is 0 Å². The first-order valence-corrected chi connectivity index (χ1v) is 8.19. The lowest BCUT2D eigenvalue weighted by Gasteiger charge is -2.18. The summed E-state index contributed by atoms with van der Waals surface area (Å²) in [6.07, 6.45) is 0. The van der Waals surface area contributed by atoms with E-state index in [-0.39, 0.29) is 0 Å². The first-order valence-electron chi connectivity index (χ1n) is 5.44. The molecule has 0 bridgehead atoms. The van der Waals surface area contributed by atoms with Crippen LogP contribution in [-0.4, -0.2) is 6.54 Å². The molecule has 0 amide bonds. The molecule has 17 heavy (non-hydrogen) atoms. The number of halogens is 2. The number of nitrogens with one attached hydrogen (secondary N) is 1. The van der Waals surface area contributed by atoms with Gasteiger partial charge in [0.25, 0.3) is 0 Å². The highest BCUT2D eigenvalue weighted by atomic mass is 127. The summed E-state index contributed by atoms with van der Waals surface area (Å²) >= 11 is 7.75. The second kappa shape index (κ2) is 6.31. The minimum absolute atomic E-state index is 0.296. The van der Waals surface area contributed by atoms with Gasteiger partial charge in [-0.2, -0.15) is 0 Å². The van der Waals surface area contributed by atoms with Crippen molar-refractivity contribution in [2.24, 2.45) is 0 Å². The molecule has 90 valence electrons. The highest BCUT2D eigenvalue weighted by Crippen LogP contribution is 2.31. The van der Waals surface area contributed by atoms with Crippen LogP contribution in [0.15, 0.2) is 40.2 Å². The van der Waals surface area contributed by atoms with Gasteiger partial charge in [0, 0.05) is 12.9 Å². The molecule has 0 aliphatic carbocycles. The highest BCUT2D eigenvalue weighted by Gasteiger charge is 2.16. The Labute approximate surface area is 128 Å². The molecular formula is C13H13BrINS. The number of hydrogen-bond acceptors (Lipinski definition) is 2. The van der Waals surface area contributed by atoms with E-state index in [1.165, 1.54) is 14.0 Å². The minimum Gasteiger partial charge on any atom is -0.306 e. The molecule has 0 aliphatic rings. The molecule has 1 N–H and O–H groups in total. The van der Waals surface area contributed by atoms with Crippen molar-refractivity contribution in [3.8, 4) is 0 Å². The van der Waals surface area contributed by atoms with Crippen LogP contribution in [-0.2, 0) is 0 Å². The standard InChI is InChI=1S/C13H13BrINS/c1-2-16-13(12-4-3-7-17-12)10-8-9(14)5-6-11(10)15/h3-8,13,16H,2H2,1H3. The predicted octanol–water partition coefficient (Wildman–Crippen LogP) is 4.81. The van der Waals surface area contributed by atoms with E-state index in [9.17, 15) is 0 Å². The van der Waals surface area contributed by atoms with E-state index in [4.69, 9.17) is 0 Å². The predicted molar refractivity (Wildman–Crippen MR) is 86.7 cm³/mol. The van der Waals surface area contributed by atoms with Crippen molar-refractivity contribution < 1.29 is 0 Å². The van der Waals surface area contributed by atoms with Crippen LogP contribution >= 0.6 is 49.9 Å². The van der Waals surface area contributed by atoms with Crippen LogP contribution in [0.4, 0.5) is 0 Å². The van der Waals surface area contributed by atoms with E-state index in [2.05, 4.69) is 86.5 Å². The first kappa shape index (κ1) is 13.5. The molecular weight excluding hydrogens is 409 g/mol. The van der Waals surface area contributed by atoms with Gasteiger partial charge in [-0.3, -0.25) is 0 Å². The molecule has 0 aliphatic heterocycles. The maximum absolute atomic E-state index is 3.55. The lowest BCUT2D eigenvalue weighted by atomic mass is 10.1. The van der Waals surface area contributed by atoms with Crippen molar-refractivity contribution in [3.05, 3.63) is 54.2 Å². The molecule has 0 saturated heterocycles. The fourth-order valence-corrected chi connectivity index (χ4v) is 3.60. The molecule has 1 aromatic heterocycles. The van der Waals surface area contributed by atoms with E-state index in [1.807, 2.05) is 0 Å². The Morgan fingerprint density at radius 1 is 1.41 bits per heavy atom. The van der Waals surface area contributed by atoms with Gasteiger partial charge in [-0.05, 0) is 64.3 Å². The molecule has 4 heteroatoms. The fourth-order valence-electron chi connectivity index (χ4n) is 1.76. The summed E-state index contributed by atoms with van der Waals surface area (Å²) in [5.41, 5.74) is 1.34. The third-order valence-corrected chi connectivity index (χ3v) is 4.92. The summed E-state index contributed by atoms with van der Waals surface area (Å²) < 4.78 is 2.43. The summed E-state index contributed by atoms with van der Waals surface area (Å²) in [5.74, 6) is 0. The zero-order valence-corrected chi connectivity index (χ0v) is 14.0. The zero-order chi connectivity index (χ0) is 12.3. The van der Waals surface area contributed by atoms with Crippen molar-refractivity contribution in [2.75, 3.05) is 6.54 Å². The number of benzene rings is 1. The Bertz CT molecular complexity index is 484. The molecule has 0 spiro atoms. The molecule has 1 aromatic carbocycles. The first-order chi connectivity index (χ1) is 8.22. The Hall–Kier alpha value is 0.0900. The van der Waals surface area contributed by atoms with Crippen LogP contribution in [0.2, 0.25) is 0 Å². The smallest absolute Gasteiger partial charge is 0.0681 e. The summed E-state index contributed by atoms with van der Waals surface area (Å²) in [5, 5.41) is 5.68. The molecule has 1 nitrogen and oxygen atoms in total. The summed E-state index contributed by atoms with van der Waals surface area (Å²) in [6.45, 7) is 3.11. The van der Waals surface area contributed by atoms with Gasteiger partial charge in [-0.1, -0.05) is 28.9 Å². The van der Waals surface area contributed by atoms with Gasteiger partial charge in [0.1, 0.15) is 0 Å². The SMILES string of the molecule is CCNC(c1cccs1)c1cc(Br)ccc1I. The van der Waals surface area contributed by atoms with Crippen LogP contribution in [0.1, 0.15) is 23.4 Å². The van der Waals surface area contributed by atoms with Crippen LogP contribution in [0, 0.1) is 3.57 Å². The normalized spacial score (nSPS) is 12.6. The maximum Gasteiger partial charge on any atom is 0.0681 e. The average Bonchev–Trinajstić information content (AvgIpc) is 2.83. The third kappa shape index (κ3) is 3.30. The molecule has 1 unspecified atom stereocenters. The Morgan fingerprint density at radius 2 is 2.24 bits per heavy atom. The Morgan fingerprint density at radius 3 is 2.88 bits per heavy atom. The minimum atomic E-state index is 0.296. The molecule has 1 atom stereocenters. The van der Waals surface area contributed by atoms with Gasteiger partial charge < -0.3 is 5.32 Å². The lowest BCUT2D eigenvalue weighted by Crippen LogP contribution is -2.21. The second-order valence-electron chi connectivity index (χ2n) is 3.67. The topological polar surface area (TPSA) is 12.0 Å². The van der Waals surface area contributed by atoms with E-state index in [0.29, 0.717) is 6.04 Å². The van der Waals surface area contributed by atoms with Crippen molar-refractivity contribution in [2.45, 2.75) is 13.0 Å². The Balaban J connectivity index is 2.42. The molecule has 1 heterocycles. The fraction of sp³-hybridized carbons (Fsp3) is 0.231. The molecule has 2 rings (SSSR count). The van der Waals surface area contributed by atoms with Crippen LogP contribution in [0.5, 0.6) is 0 Å². The largest absolute Gasteiger partial charge is 0.306 e. The maximum atomic E-state index is 3.55. The van der Waals surface area contributed by atoms with Crippen molar-refractivity contribution >= 4 is 49.9 Å². The molecule has 0 saturated carbocycles. The molecule has 0 radical (unpaired) electrons. The van der Waals surface area contributed by atoms with E-state index >= 15 is 0 Å². The van der Waals surface area contributed by atoms with Gasteiger partial charge in [0.15, 0.2) is 0 Å². The van der Waals surface area contributed by atoms with Crippen LogP contribution in [0.25, 0.3) is 0 Å². The van der Waals surface area contributed by atoms with Gasteiger partial charge in [-0.15, -0.1) is 11.3 Å². The van der Waals surface area contributed by atoms with Gasteiger partial charge in [0.2, 0.25) is 0 Å². The van der Waals surface area contributed by atoms with E-state index in [1.54, 1.807) is 11.3 Å². The summed E-state index contributed by atoms with van der Waals surface area (Å²) in [7, 11) is 0. The van der Waals surface area contributed by atoms with E-state index < -0.39 is 0 Å². The van der Waals surface area contributed by atoms with Gasteiger partial charge >= 0.3 is 0 Å². The highest BCUT2D eigenvalue weighted by molar-refractivity contribution is 14.1. The molecule has 2 aromatic rings. The second-order valence-corrected chi connectivity index (χ2v) is 6.73. The average molecular weight is 422 g/mol. The van der Waals surface area contributed by atoms with Crippen molar-refractivity contribution in [3.63, 3.8) is 0 Å². The summed E-state index contributed by atoms with van der Waals surface area (Å²) in [4.78, 5) is 1.36. The molecule has 0 fully saturated rings. The van der Waals surface area contributed by atoms with Crippen LogP contribution < -0.4 is 5.32 Å². The van der Waals surface area contributed by atoms with Crippen molar-refractivity contribution in [1.82, 2.24) is 5.32 Å². The third-order valence-electron chi connectivity index (χ3n) is 2.50. The van der Waals surface area contributed by atoms with E-state index in [0.717, 1.165) is 11.0 Å². The number of hydrogen-bond donors (Lipinski definition) is 1. The number of thiophene rings is 1. The van der Waals surface area contributed by atoms with Gasteiger partial charge in [0.05, 0.1) is 6.04 Å². The zero-order valence-electron chi connectivity index (χ0n) is 9.41.